The molecule has 130 valence electrons. The molecule has 0 aliphatic rings. The zero-order valence-corrected chi connectivity index (χ0v) is 15.4. The fraction of sp³-hybridized carbons (Fsp3) is 0.263. The van der Waals surface area contributed by atoms with E-state index in [0.717, 1.165) is 31.2 Å². The summed E-state index contributed by atoms with van der Waals surface area (Å²) in [5.74, 6) is 0.904. The Kier molecular flexibility index (Phi) is 5.85. The molecule has 5 nitrogen and oxygen atoms in total. The molecule has 2 aromatic heterocycles. The van der Waals surface area contributed by atoms with Gasteiger partial charge in [-0.1, -0.05) is 18.2 Å². The Hall–Kier alpha value is -2.60. The van der Waals surface area contributed by atoms with Crippen molar-refractivity contribution in [3.8, 4) is 5.69 Å². The molecular weight excluding hydrogens is 330 g/mol. The molecule has 0 atom stereocenters. The van der Waals surface area contributed by atoms with E-state index in [2.05, 4.69) is 69.1 Å². The van der Waals surface area contributed by atoms with Crippen molar-refractivity contribution in [2.24, 2.45) is 4.99 Å². The summed E-state index contributed by atoms with van der Waals surface area (Å²) in [4.78, 5) is 7.95. The number of nitrogens with one attached hydrogen (secondary N) is 1. The van der Waals surface area contributed by atoms with Crippen molar-refractivity contribution in [3.63, 3.8) is 0 Å². The molecule has 0 saturated carbocycles. The minimum atomic E-state index is 0.727. The van der Waals surface area contributed by atoms with Gasteiger partial charge in [-0.25, -0.2) is 4.68 Å². The highest BCUT2D eigenvalue weighted by Gasteiger charge is 2.07. The number of aliphatic imine (C=N–C) groups is 1. The summed E-state index contributed by atoms with van der Waals surface area (Å²) >= 11 is 1.80. The van der Waals surface area contributed by atoms with Crippen molar-refractivity contribution in [1.29, 1.82) is 0 Å². The molecule has 0 fully saturated rings. The first-order valence-corrected chi connectivity index (χ1v) is 9.17. The van der Waals surface area contributed by atoms with Crippen LogP contribution in [0.15, 0.2) is 65.2 Å². The molecular formula is C19H23N5S. The van der Waals surface area contributed by atoms with Gasteiger partial charge in [0.2, 0.25) is 0 Å². The van der Waals surface area contributed by atoms with Crippen LogP contribution in [0.2, 0.25) is 0 Å². The highest BCUT2D eigenvalue weighted by Crippen LogP contribution is 2.11. The summed E-state index contributed by atoms with van der Waals surface area (Å²) < 4.78 is 1.87. The first-order chi connectivity index (χ1) is 12.3. The lowest BCUT2D eigenvalue weighted by Gasteiger charge is -2.22. The number of aromatic nitrogens is 2. The van der Waals surface area contributed by atoms with Crippen LogP contribution in [0.3, 0.4) is 0 Å². The molecule has 0 radical (unpaired) electrons. The van der Waals surface area contributed by atoms with Crippen molar-refractivity contribution in [2.75, 3.05) is 20.6 Å². The van der Waals surface area contributed by atoms with Gasteiger partial charge in [-0.3, -0.25) is 4.99 Å². The van der Waals surface area contributed by atoms with Crippen LogP contribution in [0.4, 0.5) is 0 Å². The van der Waals surface area contributed by atoms with Crippen LogP contribution in [0, 0.1) is 0 Å². The van der Waals surface area contributed by atoms with E-state index in [1.807, 2.05) is 24.0 Å². The number of hydrogen-bond donors (Lipinski definition) is 1. The van der Waals surface area contributed by atoms with E-state index in [4.69, 9.17) is 0 Å². The first kappa shape index (κ1) is 17.2. The lowest BCUT2D eigenvalue weighted by Crippen LogP contribution is -2.39. The number of hydrogen-bond acceptors (Lipinski definition) is 3. The van der Waals surface area contributed by atoms with Crippen LogP contribution in [0.25, 0.3) is 5.69 Å². The van der Waals surface area contributed by atoms with Gasteiger partial charge in [0.1, 0.15) is 0 Å². The fourth-order valence-electron chi connectivity index (χ4n) is 2.63. The van der Waals surface area contributed by atoms with Gasteiger partial charge >= 0.3 is 0 Å². The van der Waals surface area contributed by atoms with Crippen LogP contribution in [0.1, 0.15) is 10.4 Å². The predicted octanol–water partition coefficient (Wildman–Crippen LogP) is 3.18. The second-order valence-electron chi connectivity index (χ2n) is 5.77. The molecule has 0 aliphatic heterocycles. The first-order valence-electron chi connectivity index (χ1n) is 8.29. The third-order valence-electron chi connectivity index (χ3n) is 3.98. The second-order valence-corrected chi connectivity index (χ2v) is 6.80. The SMILES string of the molecule is CN=C(NCc1cccc(-n2cccn2)c1)N(C)CCc1cccs1. The maximum atomic E-state index is 4.39. The summed E-state index contributed by atoms with van der Waals surface area (Å²) in [6.07, 6.45) is 4.77. The molecule has 0 bridgehead atoms. The molecule has 2 heterocycles. The molecule has 1 N–H and O–H groups in total. The van der Waals surface area contributed by atoms with Gasteiger partial charge in [0.15, 0.2) is 5.96 Å². The molecule has 0 amide bonds. The van der Waals surface area contributed by atoms with Crippen molar-refractivity contribution in [1.82, 2.24) is 20.0 Å². The Morgan fingerprint density at radius 1 is 1.28 bits per heavy atom. The number of guanidine groups is 1. The van der Waals surface area contributed by atoms with Gasteiger partial charge in [-0.15, -0.1) is 11.3 Å². The van der Waals surface area contributed by atoms with E-state index in [1.165, 1.54) is 10.4 Å². The normalized spacial score (nSPS) is 11.5. The van der Waals surface area contributed by atoms with Crippen molar-refractivity contribution in [3.05, 3.63) is 70.7 Å². The second kappa shape index (κ2) is 8.48. The van der Waals surface area contributed by atoms with Gasteiger partial charge < -0.3 is 10.2 Å². The number of nitrogens with zero attached hydrogens (tertiary/aromatic N) is 4. The molecule has 1 aromatic carbocycles. The van der Waals surface area contributed by atoms with Crippen LogP contribution in [0.5, 0.6) is 0 Å². The molecule has 3 aromatic rings. The fourth-order valence-corrected chi connectivity index (χ4v) is 3.33. The van der Waals surface area contributed by atoms with Crippen LogP contribution in [-0.2, 0) is 13.0 Å². The van der Waals surface area contributed by atoms with E-state index in [0.29, 0.717) is 0 Å². The monoisotopic (exact) mass is 353 g/mol. The minimum Gasteiger partial charge on any atom is -0.352 e. The smallest absolute Gasteiger partial charge is 0.193 e. The van der Waals surface area contributed by atoms with Crippen LogP contribution < -0.4 is 5.32 Å². The van der Waals surface area contributed by atoms with E-state index < -0.39 is 0 Å². The largest absolute Gasteiger partial charge is 0.352 e. The van der Waals surface area contributed by atoms with Crippen molar-refractivity contribution in [2.45, 2.75) is 13.0 Å². The summed E-state index contributed by atoms with van der Waals surface area (Å²) in [5, 5.41) is 9.84. The average Bonchev–Trinajstić information content (AvgIpc) is 3.34. The van der Waals surface area contributed by atoms with Crippen LogP contribution >= 0.6 is 11.3 Å². The summed E-state index contributed by atoms with van der Waals surface area (Å²) in [7, 11) is 3.90. The Morgan fingerprint density at radius 2 is 2.20 bits per heavy atom. The lowest BCUT2D eigenvalue weighted by molar-refractivity contribution is 0.486. The molecule has 0 saturated heterocycles. The predicted molar refractivity (Wildman–Crippen MR) is 104 cm³/mol. The maximum Gasteiger partial charge on any atom is 0.193 e. The maximum absolute atomic E-state index is 4.39. The zero-order chi connectivity index (χ0) is 17.5. The summed E-state index contributed by atoms with van der Waals surface area (Å²) in [6, 6.07) is 14.6. The van der Waals surface area contributed by atoms with E-state index in [-0.39, 0.29) is 0 Å². The van der Waals surface area contributed by atoms with E-state index in [9.17, 15) is 0 Å². The van der Waals surface area contributed by atoms with Crippen molar-refractivity contribution < 1.29 is 0 Å². The Bertz CT molecular complexity index is 793. The standard InChI is InChI=1S/C19H23N5S/c1-20-19(23(2)12-9-18-8-4-13-25-18)21-15-16-6-3-7-17(14-16)24-11-5-10-22-24/h3-8,10-11,13-14H,9,12,15H2,1-2H3,(H,20,21). The summed E-state index contributed by atoms with van der Waals surface area (Å²) in [6.45, 7) is 1.67. The quantitative estimate of drug-likeness (QED) is 0.547. The zero-order valence-electron chi connectivity index (χ0n) is 14.6. The number of rotatable bonds is 6. The number of likely N-dealkylation sites (N-methyl/N-ethyl adjacent to an activating group) is 1. The lowest BCUT2D eigenvalue weighted by atomic mass is 10.2. The number of benzene rings is 1. The molecule has 3 rings (SSSR count). The van der Waals surface area contributed by atoms with Gasteiger partial charge in [0, 0.05) is 44.5 Å². The topological polar surface area (TPSA) is 45.5 Å². The van der Waals surface area contributed by atoms with Gasteiger partial charge in [0.05, 0.1) is 5.69 Å². The van der Waals surface area contributed by atoms with Gasteiger partial charge in [-0.2, -0.15) is 5.10 Å². The summed E-state index contributed by atoms with van der Waals surface area (Å²) in [5.41, 5.74) is 2.26. The Balaban J connectivity index is 1.56. The Labute approximate surface area is 152 Å². The van der Waals surface area contributed by atoms with Crippen LogP contribution in [-0.4, -0.2) is 41.3 Å². The molecule has 0 unspecified atom stereocenters. The molecule has 25 heavy (non-hydrogen) atoms. The molecule has 0 aliphatic carbocycles. The van der Waals surface area contributed by atoms with Gasteiger partial charge in [-0.05, 0) is 41.6 Å². The van der Waals surface area contributed by atoms with E-state index in [1.54, 1.807) is 17.5 Å². The third kappa shape index (κ3) is 4.70. The highest BCUT2D eigenvalue weighted by molar-refractivity contribution is 7.09. The van der Waals surface area contributed by atoms with Crippen molar-refractivity contribution >= 4 is 17.3 Å². The third-order valence-corrected chi connectivity index (χ3v) is 4.91. The molecule has 6 heteroatoms. The minimum absolute atomic E-state index is 0.727. The Morgan fingerprint density at radius 3 is 2.92 bits per heavy atom. The molecule has 0 spiro atoms. The highest BCUT2D eigenvalue weighted by atomic mass is 32.1. The average molecular weight is 353 g/mol. The number of thiophene rings is 1. The van der Waals surface area contributed by atoms with E-state index >= 15 is 0 Å². The van der Waals surface area contributed by atoms with Gasteiger partial charge in [0.25, 0.3) is 0 Å².